The number of methoxy groups -OCH3 is 1. The highest BCUT2D eigenvalue weighted by Crippen LogP contribution is 2.30. The number of benzene rings is 1. The number of ether oxygens (including phenoxy) is 1. The van der Waals surface area contributed by atoms with Gasteiger partial charge in [0.2, 0.25) is 0 Å². The van der Waals surface area contributed by atoms with Gasteiger partial charge >= 0.3 is 5.97 Å². The molecular formula is C17H12Cl2N2O4. The number of halogens is 2. The second-order valence-electron chi connectivity index (χ2n) is 4.83. The van der Waals surface area contributed by atoms with Crippen molar-refractivity contribution in [1.82, 2.24) is 0 Å². The van der Waals surface area contributed by atoms with Crippen LogP contribution in [0.5, 0.6) is 0 Å². The fourth-order valence-corrected chi connectivity index (χ4v) is 2.47. The van der Waals surface area contributed by atoms with Gasteiger partial charge in [-0.1, -0.05) is 29.3 Å². The molecule has 1 aromatic carbocycles. The number of furan rings is 1. The summed E-state index contributed by atoms with van der Waals surface area (Å²) in [6.07, 6.45) is 1.21. The van der Waals surface area contributed by atoms with Gasteiger partial charge in [-0.25, -0.2) is 4.79 Å². The van der Waals surface area contributed by atoms with E-state index in [0.29, 0.717) is 5.76 Å². The highest BCUT2D eigenvalue weighted by Gasteiger charge is 2.17. The standard InChI is InChI=1S/C17H12Cl2N2O4/c1-9-12(17(23)24-2)7-11(25-9)6-10(8-20)16(22)21-15-13(18)4-3-5-14(15)19/h3-7H,1-2H3,(H,21,22)/b10-6+. The first kappa shape index (κ1) is 18.6. The Kier molecular flexibility index (Phi) is 5.86. The number of hydrogen-bond acceptors (Lipinski definition) is 5. The van der Waals surface area contributed by atoms with Gasteiger partial charge < -0.3 is 14.5 Å². The van der Waals surface area contributed by atoms with Gasteiger partial charge in [-0.05, 0) is 25.1 Å². The van der Waals surface area contributed by atoms with Gasteiger partial charge in [0, 0.05) is 6.08 Å². The number of amides is 1. The number of carbonyl (C=O) groups excluding carboxylic acids is 2. The molecule has 0 saturated heterocycles. The second kappa shape index (κ2) is 7.88. The summed E-state index contributed by atoms with van der Waals surface area (Å²) in [4.78, 5) is 23.9. The first-order valence-corrected chi connectivity index (χ1v) is 7.69. The zero-order chi connectivity index (χ0) is 18.6. The zero-order valence-corrected chi connectivity index (χ0v) is 14.7. The third-order valence-corrected chi connectivity index (χ3v) is 3.83. The van der Waals surface area contributed by atoms with Crippen LogP contribution in [0.1, 0.15) is 21.9 Å². The molecule has 1 heterocycles. The summed E-state index contributed by atoms with van der Waals surface area (Å²) in [5.41, 5.74) is 0.157. The van der Waals surface area contributed by atoms with Crippen molar-refractivity contribution in [3.05, 3.63) is 57.0 Å². The van der Waals surface area contributed by atoms with Crippen LogP contribution in [0.25, 0.3) is 6.08 Å². The lowest BCUT2D eigenvalue weighted by Gasteiger charge is -2.08. The fraction of sp³-hybridized carbons (Fsp3) is 0.118. The number of aryl methyl sites for hydroxylation is 1. The van der Waals surface area contributed by atoms with E-state index in [-0.39, 0.29) is 32.6 Å². The van der Waals surface area contributed by atoms with Crippen molar-refractivity contribution in [2.24, 2.45) is 0 Å². The topological polar surface area (TPSA) is 92.3 Å². The van der Waals surface area contributed by atoms with Gasteiger partial charge in [0.05, 0.1) is 22.8 Å². The normalized spacial score (nSPS) is 10.9. The fourth-order valence-electron chi connectivity index (χ4n) is 1.98. The predicted molar refractivity (Wildman–Crippen MR) is 93.5 cm³/mol. The summed E-state index contributed by atoms with van der Waals surface area (Å²) in [6, 6.07) is 7.88. The van der Waals surface area contributed by atoms with Crippen LogP contribution in [0.15, 0.2) is 34.3 Å². The molecule has 0 aliphatic heterocycles. The molecule has 2 aromatic rings. The highest BCUT2D eigenvalue weighted by molar-refractivity contribution is 6.40. The Morgan fingerprint density at radius 2 is 1.96 bits per heavy atom. The van der Waals surface area contributed by atoms with E-state index >= 15 is 0 Å². The van der Waals surface area contributed by atoms with E-state index in [2.05, 4.69) is 10.1 Å². The van der Waals surface area contributed by atoms with Crippen LogP contribution >= 0.6 is 23.2 Å². The molecule has 0 spiro atoms. The molecule has 0 unspecified atom stereocenters. The van der Waals surface area contributed by atoms with Crippen molar-refractivity contribution < 1.29 is 18.7 Å². The zero-order valence-electron chi connectivity index (χ0n) is 13.2. The Hall–Kier alpha value is -2.75. The van der Waals surface area contributed by atoms with Gasteiger partial charge in [0.1, 0.15) is 28.7 Å². The minimum Gasteiger partial charge on any atom is -0.465 e. The Morgan fingerprint density at radius 1 is 1.32 bits per heavy atom. The number of rotatable bonds is 4. The quantitative estimate of drug-likeness (QED) is 0.488. The van der Waals surface area contributed by atoms with Crippen molar-refractivity contribution >= 4 is 46.8 Å². The maximum atomic E-state index is 12.3. The van der Waals surface area contributed by atoms with E-state index in [1.54, 1.807) is 31.2 Å². The maximum absolute atomic E-state index is 12.3. The van der Waals surface area contributed by atoms with E-state index in [1.165, 1.54) is 19.3 Å². The molecule has 0 atom stereocenters. The van der Waals surface area contributed by atoms with Crippen molar-refractivity contribution in [3.63, 3.8) is 0 Å². The lowest BCUT2D eigenvalue weighted by Crippen LogP contribution is -2.14. The van der Waals surface area contributed by atoms with Gasteiger partial charge in [-0.3, -0.25) is 4.79 Å². The summed E-state index contributed by atoms with van der Waals surface area (Å²) >= 11 is 12.0. The minimum absolute atomic E-state index is 0.162. The molecule has 1 amide bonds. The third-order valence-electron chi connectivity index (χ3n) is 3.20. The van der Waals surface area contributed by atoms with E-state index < -0.39 is 11.9 Å². The highest BCUT2D eigenvalue weighted by atomic mass is 35.5. The van der Waals surface area contributed by atoms with Gasteiger partial charge in [-0.2, -0.15) is 5.26 Å². The number of carbonyl (C=O) groups is 2. The summed E-state index contributed by atoms with van der Waals surface area (Å²) in [7, 11) is 1.24. The molecule has 0 fully saturated rings. The monoisotopic (exact) mass is 378 g/mol. The number of nitrogens with zero attached hydrogens (tertiary/aromatic N) is 1. The summed E-state index contributed by atoms with van der Waals surface area (Å²) in [6.45, 7) is 1.57. The molecule has 0 aliphatic carbocycles. The van der Waals surface area contributed by atoms with Crippen molar-refractivity contribution in [2.45, 2.75) is 6.92 Å². The Labute approximate surface area is 153 Å². The van der Waals surface area contributed by atoms with E-state index in [1.807, 2.05) is 0 Å². The maximum Gasteiger partial charge on any atom is 0.341 e. The average Bonchev–Trinajstić information content (AvgIpc) is 2.95. The summed E-state index contributed by atoms with van der Waals surface area (Å²) in [5.74, 6) is -0.822. The number of nitriles is 1. The number of nitrogens with one attached hydrogen (secondary N) is 1. The Bertz CT molecular complexity index is 890. The van der Waals surface area contributed by atoms with Crippen LogP contribution in [0.3, 0.4) is 0 Å². The number of esters is 1. The summed E-state index contributed by atoms with van der Waals surface area (Å²) in [5, 5.41) is 12.2. The molecule has 8 heteroatoms. The number of anilines is 1. The van der Waals surface area contributed by atoms with Crippen LogP contribution in [-0.4, -0.2) is 19.0 Å². The van der Waals surface area contributed by atoms with Crippen LogP contribution < -0.4 is 5.32 Å². The van der Waals surface area contributed by atoms with Gasteiger partial charge in [-0.15, -0.1) is 0 Å². The molecule has 1 aromatic heterocycles. The Morgan fingerprint density at radius 3 is 2.52 bits per heavy atom. The van der Waals surface area contributed by atoms with Crippen LogP contribution in [0.4, 0.5) is 5.69 Å². The lowest BCUT2D eigenvalue weighted by atomic mass is 10.2. The first-order chi connectivity index (χ1) is 11.9. The SMILES string of the molecule is COC(=O)c1cc(/C=C(\C#N)C(=O)Nc2c(Cl)cccc2Cl)oc1C. The first-order valence-electron chi connectivity index (χ1n) is 6.93. The van der Waals surface area contributed by atoms with Crippen LogP contribution in [0, 0.1) is 18.3 Å². The molecule has 6 nitrogen and oxygen atoms in total. The molecule has 0 radical (unpaired) electrons. The van der Waals surface area contributed by atoms with E-state index in [0.717, 1.165) is 0 Å². The van der Waals surface area contributed by atoms with Crippen molar-refractivity contribution in [1.29, 1.82) is 5.26 Å². The minimum atomic E-state index is -0.717. The van der Waals surface area contributed by atoms with E-state index in [4.69, 9.17) is 27.6 Å². The van der Waals surface area contributed by atoms with Crippen molar-refractivity contribution in [3.8, 4) is 6.07 Å². The summed E-state index contributed by atoms with van der Waals surface area (Å²) < 4.78 is 9.98. The average molecular weight is 379 g/mol. The second-order valence-corrected chi connectivity index (χ2v) is 5.65. The molecule has 2 rings (SSSR count). The number of hydrogen-bond donors (Lipinski definition) is 1. The molecular weight excluding hydrogens is 367 g/mol. The van der Waals surface area contributed by atoms with E-state index in [9.17, 15) is 14.9 Å². The van der Waals surface area contributed by atoms with Crippen LogP contribution in [0.2, 0.25) is 10.0 Å². The molecule has 0 bridgehead atoms. The number of para-hydroxylation sites is 1. The predicted octanol–water partition coefficient (Wildman–Crippen LogP) is 4.23. The molecule has 0 saturated carbocycles. The lowest BCUT2D eigenvalue weighted by molar-refractivity contribution is -0.112. The van der Waals surface area contributed by atoms with Crippen LogP contribution in [-0.2, 0) is 9.53 Å². The third kappa shape index (κ3) is 4.21. The Balaban J connectivity index is 2.30. The molecule has 128 valence electrons. The molecule has 1 N–H and O–H groups in total. The van der Waals surface area contributed by atoms with Gasteiger partial charge in [0.15, 0.2) is 0 Å². The largest absolute Gasteiger partial charge is 0.465 e. The van der Waals surface area contributed by atoms with Gasteiger partial charge in [0.25, 0.3) is 5.91 Å². The van der Waals surface area contributed by atoms with Crippen molar-refractivity contribution in [2.75, 3.05) is 12.4 Å². The molecule has 0 aliphatic rings. The smallest absolute Gasteiger partial charge is 0.341 e. The molecule has 25 heavy (non-hydrogen) atoms.